The summed E-state index contributed by atoms with van der Waals surface area (Å²) in [4.78, 5) is 15.5. The van der Waals surface area contributed by atoms with Crippen LogP contribution < -0.4 is 5.32 Å². The molecule has 1 saturated heterocycles. The van der Waals surface area contributed by atoms with Crippen LogP contribution in [0.25, 0.3) is 10.9 Å². The van der Waals surface area contributed by atoms with Gasteiger partial charge in [-0.25, -0.2) is 4.39 Å². The molecule has 170 valence electrons. The van der Waals surface area contributed by atoms with Crippen LogP contribution in [0, 0.1) is 5.82 Å². The molecule has 1 aliphatic heterocycles. The number of hydrogen-bond acceptors (Lipinski definition) is 2. The Morgan fingerprint density at radius 2 is 1.94 bits per heavy atom. The zero-order valence-electron chi connectivity index (χ0n) is 19.2. The third-order valence-corrected chi connectivity index (χ3v) is 6.85. The average molecular weight is 436 g/mol. The lowest BCUT2D eigenvalue weighted by Crippen LogP contribution is -2.39. The fraction of sp³-hybridized carbons (Fsp3) is 0.444. The maximum absolute atomic E-state index is 13.6. The van der Waals surface area contributed by atoms with Crippen molar-refractivity contribution in [1.29, 1.82) is 0 Å². The smallest absolute Gasteiger partial charge is 0.220 e. The number of amides is 1. The number of nitrogens with one attached hydrogen (secondary N) is 1. The average Bonchev–Trinajstić information content (AvgIpc) is 3.13. The van der Waals surface area contributed by atoms with Gasteiger partial charge in [0.15, 0.2) is 0 Å². The molecule has 1 aromatic heterocycles. The molecule has 2 heterocycles. The summed E-state index contributed by atoms with van der Waals surface area (Å²) in [6, 6.07) is 15.4. The molecule has 4 nitrogen and oxygen atoms in total. The van der Waals surface area contributed by atoms with Crippen molar-refractivity contribution >= 4 is 16.8 Å². The minimum absolute atomic E-state index is 0.0407. The molecule has 0 saturated carbocycles. The van der Waals surface area contributed by atoms with Gasteiger partial charge in [-0.3, -0.25) is 4.79 Å². The number of halogens is 1. The van der Waals surface area contributed by atoms with Crippen molar-refractivity contribution in [1.82, 2.24) is 14.8 Å². The van der Waals surface area contributed by atoms with Gasteiger partial charge in [0, 0.05) is 55.6 Å². The SMILES string of the molecule is CC1CCCCN1CCCNC(=O)CC(c1ccc(F)cc1)c1cn(C)c2ccccc12. The summed E-state index contributed by atoms with van der Waals surface area (Å²) >= 11 is 0. The second-order valence-electron chi connectivity index (χ2n) is 9.11. The Bertz CT molecular complexity index is 1040. The van der Waals surface area contributed by atoms with Gasteiger partial charge < -0.3 is 14.8 Å². The van der Waals surface area contributed by atoms with Crippen molar-refractivity contribution in [2.75, 3.05) is 19.6 Å². The highest BCUT2D eigenvalue weighted by atomic mass is 19.1. The fourth-order valence-electron chi connectivity index (χ4n) is 5.01. The Labute approximate surface area is 190 Å². The van der Waals surface area contributed by atoms with E-state index >= 15 is 0 Å². The van der Waals surface area contributed by atoms with Gasteiger partial charge in [-0.15, -0.1) is 0 Å². The predicted octanol–water partition coefficient (Wildman–Crippen LogP) is 5.22. The summed E-state index contributed by atoms with van der Waals surface area (Å²) in [6.07, 6.45) is 7.29. The monoisotopic (exact) mass is 435 g/mol. The highest BCUT2D eigenvalue weighted by Gasteiger charge is 2.22. The molecule has 0 spiro atoms. The van der Waals surface area contributed by atoms with Crippen molar-refractivity contribution in [3.63, 3.8) is 0 Å². The molecule has 2 unspecified atom stereocenters. The van der Waals surface area contributed by atoms with Gasteiger partial charge in [0.25, 0.3) is 0 Å². The van der Waals surface area contributed by atoms with Crippen molar-refractivity contribution in [2.24, 2.45) is 7.05 Å². The molecule has 0 radical (unpaired) electrons. The van der Waals surface area contributed by atoms with Gasteiger partial charge >= 0.3 is 0 Å². The third kappa shape index (κ3) is 5.21. The Hall–Kier alpha value is -2.66. The fourth-order valence-corrected chi connectivity index (χ4v) is 5.01. The molecule has 5 heteroatoms. The number of piperidine rings is 1. The van der Waals surface area contributed by atoms with Gasteiger partial charge in [-0.1, -0.05) is 36.8 Å². The van der Waals surface area contributed by atoms with E-state index in [0.29, 0.717) is 19.0 Å². The van der Waals surface area contributed by atoms with Gasteiger partial charge in [0.05, 0.1) is 0 Å². The molecule has 0 bridgehead atoms. The van der Waals surface area contributed by atoms with Crippen molar-refractivity contribution in [3.05, 3.63) is 71.7 Å². The highest BCUT2D eigenvalue weighted by Crippen LogP contribution is 2.34. The lowest BCUT2D eigenvalue weighted by Gasteiger charge is -2.33. The number of likely N-dealkylation sites (tertiary alicyclic amines) is 1. The third-order valence-electron chi connectivity index (χ3n) is 6.85. The quantitative estimate of drug-likeness (QED) is 0.493. The van der Waals surface area contributed by atoms with Crippen LogP contribution in [0.15, 0.2) is 54.7 Å². The van der Waals surface area contributed by atoms with E-state index < -0.39 is 0 Å². The van der Waals surface area contributed by atoms with E-state index in [9.17, 15) is 9.18 Å². The van der Waals surface area contributed by atoms with Crippen LogP contribution in [0.1, 0.15) is 56.1 Å². The minimum atomic E-state index is -0.262. The van der Waals surface area contributed by atoms with Gasteiger partial charge in [0.1, 0.15) is 5.82 Å². The summed E-state index contributed by atoms with van der Waals surface area (Å²) in [5.74, 6) is -0.343. The van der Waals surface area contributed by atoms with Crippen LogP contribution in [0.3, 0.4) is 0 Å². The molecule has 4 rings (SSSR count). The van der Waals surface area contributed by atoms with Crippen LogP contribution in [0.5, 0.6) is 0 Å². The lowest BCUT2D eigenvalue weighted by molar-refractivity contribution is -0.121. The zero-order valence-corrected chi connectivity index (χ0v) is 19.2. The van der Waals surface area contributed by atoms with E-state index in [4.69, 9.17) is 0 Å². The number of hydrogen-bond donors (Lipinski definition) is 1. The lowest BCUT2D eigenvalue weighted by atomic mass is 9.88. The number of rotatable bonds is 8. The molecule has 0 aliphatic carbocycles. The Kier molecular flexibility index (Phi) is 7.26. The molecule has 1 amide bonds. The van der Waals surface area contributed by atoms with Crippen molar-refractivity contribution in [2.45, 2.75) is 51.0 Å². The van der Waals surface area contributed by atoms with Crippen molar-refractivity contribution < 1.29 is 9.18 Å². The number of aromatic nitrogens is 1. The highest BCUT2D eigenvalue weighted by molar-refractivity contribution is 5.86. The second kappa shape index (κ2) is 10.3. The largest absolute Gasteiger partial charge is 0.356 e. The van der Waals surface area contributed by atoms with Crippen molar-refractivity contribution in [3.8, 4) is 0 Å². The van der Waals surface area contributed by atoms with Crippen LogP contribution in [-0.2, 0) is 11.8 Å². The van der Waals surface area contributed by atoms with Crippen LogP contribution in [0.2, 0.25) is 0 Å². The summed E-state index contributed by atoms with van der Waals surface area (Å²) in [5, 5.41) is 4.26. The topological polar surface area (TPSA) is 37.3 Å². The number of carbonyl (C=O) groups is 1. The molecular formula is C27H34FN3O. The first-order valence-corrected chi connectivity index (χ1v) is 11.8. The van der Waals surface area contributed by atoms with E-state index in [1.807, 2.05) is 19.2 Å². The van der Waals surface area contributed by atoms with E-state index in [0.717, 1.165) is 35.0 Å². The maximum atomic E-state index is 13.6. The van der Waals surface area contributed by atoms with Crippen LogP contribution >= 0.6 is 0 Å². The van der Waals surface area contributed by atoms with E-state index in [-0.39, 0.29) is 17.6 Å². The Morgan fingerprint density at radius 3 is 2.72 bits per heavy atom. The molecule has 32 heavy (non-hydrogen) atoms. The van der Waals surface area contributed by atoms with E-state index in [1.165, 1.54) is 37.9 Å². The number of fused-ring (bicyclic) bond motifs is 1. The van der Waals surface area contributed by atoms with E-state index in [1.54, 1.807) is 12.1 Å². The zero-order chi connectivity index (χ0) is 22.5. The number of nitrogens with zero attached hydrogens (tertiary/aromatic N) is 2. The minimum Gasteiger partial charge on any atom is -0.356 e. The Morgan fingerprint density at radius 1 is 1.16 bits per heavy atom. The Balaban J connectivity index is 1.45. The number of para-hydroxylation sites is 1. The predicted molar refractivity (Wildman–Crippen MR) is 128 cm³/mol. The molecule has 1 N–H and O–H groups in total. The van der Waals surface area contributed by atoms with Crippen LogP contribution in [-0.4, -0.2) is 41.1 Å². The maximum Gasteiger partial charge on any atom is 0.220 e. The standard InChI is InChI=1S/C27H34FN3O/c1-20-8-5-6-16-31(20)17-7-15-29-27(32)18-24(21-11-13-22(28)14-12-21)25-19-30(2)26-10-4-3-9-23(25)26/h3-4,9-14,19-20,24H,5-8,15-18H2,1-2H3,(H,29,32). The molecule has 1 aliphatic rings. The number of carbonyl (C=O) groups excluding carboxylic acids is 1. The summed E-state index contributed by atoms with van der Waals surface area (Å²) in [7, 11) is 2.02. The first-order chi connectivity index (χ1) is 15.5. The molecule has 2 atom stereocenters. The van der Waals surface area contributed by atoms with Gasteiger partial charge in [-0.2, -0.15) is 0 Å². The molecular weight excluding hydrogens is 401 g/mol. The summed E-state index contributed by atoms with van der Waals surface area (Å²) in [5.41, 5.74) is 3.19. The molecule has 1 fully saturated rings. The number of benzene rings is 2. The number of aryl methyl sites for hydroxylation is 1. The summed E-state index contributed by atoms with van der Waals surface area (Å²) in [6.45, 7) is 5.19. The first kappa shape index (κ1) is 22.5. The molecule has 3 aromatic rings. The van der Waals surface area contributed by atoms with E-state index in [2.05, 4.69) is 40.0 Å². The molecule has 2 aromatic carbocycles. The second-order valence-corrected chi connectivity index (χ2v) is 9.11. The first-order valence-electron chi connectivity index (χ1n) is 11.8. The van der Waals surface area contributed by atoms with Crippen LogP contribution in [0.4, 0.5) is 4.39 Å². The normalized spacial score (nSPS) is 18.0. The summed E-state index contributed by atoms with van der Waals surface area (Å²) < 4.78 is 15.7. The van der Waals surface area contributed by atoms with Gasteiger partial charge in [0.2, 0.25) is 5.91 Å². The van der Waals surface area contributed by atoms with Gasteiger partial charge in [-0.05, 0) is 62.1 Å².